The van der Waals surface area contributed by atoms with E-state index in [1.807, 2.05) is 6.92 Å². The van der Waals surface area contributed by atoms with Crippen molar-refractivity contribution in [2.75, 3.05) is 7.11 Å². The Balaban J connectivity index is 1.64. The second kappa shape index (κ2) is 7.08. The summed E-state index contributed by atoms with van der Waals surface area (Å²) in [6.07, 6.45) is 4.53. The summed E-state index contributed by atoms with van der Waals surface area (Å²) < 4.78 is 25.4. The van der Waals surface area contributed by atoms with Crippen LogP contribution in [0.15, 0.2) is 12.2 Å². The molecule has 5 rings (SSSR count). The Labute approximate surface area is 206 Å². The van der Waals surface area contributed by atoms with E-state index in [1.54, 1.807) is 0 Å². The van der Waals surface area contributed by atoms with Gasteiger partial charge in [-0.3, -0.25) is 9.59 Å². The molecule has 0 aromatic heterocycles. The molecule has 34 heavy (non-hydrogen) atoms. The van der Waals surface area contributed by atoms with Crippen LogP contribution in [0.1, 0.15) is 45.4 Å². The number of hydrogen-bond donors (Lipinski definition) is 0. The van der Waals surface area contributed by atoms with Gasteiger partial charge in [-0.1, -0.05) is 6.58 Å². The van der Waals surface area contributed by atoms with E-state index < -0.39 is 33.6 Å². The third kappa shape index (κ3) is 3.17. The van der Waals surface area contributed by atoms with Gasteiger partial charge in [0.2, 0.25) is 0 Å². The summed E-state index contributed by atoms with van der Waals surface area (Å²) in [6, 6.07) is 0. The Hall–Kier alpha value is -0.966. The van der Waals surface area contributed by atoms with Crippen molar-refractivity contribution in [3.8, 4) is 0 Å². The molecule has 0 radical (unpaired) electrons. The maximum atomic E-state index is 13.6. The minimum Gasteiger partial charge on any atom is -0.469 e. The molecule has 6 nitrogen and oxygen atoms in total. The van der Waals surface area contributed by atoms with Crippen LogP contribution < -0.4 is 0 Å². The maximum Gasteiger partial charge on any atom is 0.312 e. The summed E-state index contributed by atoms with van der Waals surface area (Å²) in [5, 5.41) is 0. The number of esters is 2. The molecule has 0 aromatic rings. The highest BCUT2D eigenvalue weighted by molar-refractivity contribution is 6.70. The van der Waals surface area contributed by atoms with Crippen LogP contribution in [0.5, 0.6) is 0 Å². The van der Waals surface area contributed by atoms with Gasteiger partial charge in [-0.05, 0) is 89.3 Å². The molecule has 5 fully saturated rings. The van der Waals surface area contributed by atoms with E-state index in [4.69, 9.17) is 18.3 Å². The van der Waals surface area contributed by atoms with Gasteiger partial charge in [0.1, 0.15) is 5.60 Å². The SMILES string of the molecule is C=C1C[C@]23C[C@@]1(O[Si](C)(C)C)CC[C@H]2[C@@]12C[C@@H](O[Si](C)(C)C)CC(C)(C(=O)O1)[C@H]2[C@@H]3C(=O)OC. The Morgan fingerprint density at radius 2 is 1.79 bits per heavy atom. The third-order valence-electron chi connectivity index (χ3n) is 9.51. The van der Waals surface area contributed by atoms with E-state index in [2.05, 4.69) is 45.9 Å². The van der Waals surface area contributed by atoms with Crippen molar-refractivity contribution >= 4 is 28.6 Å². The maximum absolute atomic E-state index is 13.6. The highest BCUT2D eigenvalue weighted by atomic mass is 28.4. The van der Waals surface area contributed by atoms with Crippen LogP contribution in [0.3, 0.4) is 0 Å². The lowest BCUT2D eigenvalue weighted by Crippen LogP contribution is -2.54. The third-order valence-corrected chi connectivity index (χ3v) is 11.6. The summed E-state index contributed by atoms with van der Waals surface area (Å²) in [7, 11) is -2.20. The lowest BCUT2D eigenvalue weighted by Gasteiger charge is -2.49. The number of ether oxygens (including phenoxy) is 2. The second-order valence-electron chi connectivity index (χ2n) is 14.0. The molecule has 1 spiro atoms. The molecule has 4 saturated carbocycles. The zero-order valence-electron chi connectivity index (χ0n) is 22.2. The van der Waals surface area contributed by atoms with Crippen LogP contribution >= 0.6 is 0 Å². The molecule has 190 valence electrons. The van der Waals surface area contributed by atoms with Crippen molar-refractivity contribution < 1.29 is 27.9 Å². The van der Waals surface area contributed by atoms with Crippen LogP contribution in [-0.4, -0.2) is 53.0 Å². The zero-order chi connectivity index (χ0) is 25.1. The van der Waals surface area contributed by atoms with Crippen molar-refractivity contribution in [2.24, 2.45) is 28.6 Å². The number of carbonyl (C=O) groups is 2. The molecular weight excluding hydrogens is 464 g/mol. The lowest BCUT2D eigenvalue weighted by molar-refractivity contribution is -0.163. The lowest BCUT2D eigenvalue weighted by atomic mass is 9.59. The molecule has 1 unspecified atom stereocenters. The summed E-state index contributed by atoms with van der Waals surface area (Å²) in [5.41, 5.74) is -1.04. The van der Waals surface area contributed by atoms with E-state index in [1.165, 1.54) is 7.11 Å². The van der Waals surface area contributed by atoms with Crippen molar-refractivity contribution in [3.63, 3.8) is 0 Å². The Bertz CT molecular complexity index is 952. The first-order valence-electron chi connectivity index (χ1n) is 12.9. The van der Waals surface area contributed by atoms with Gasteiger partial charge in [-0.25, -0.2) is 0 Å². The van der Waals surface area contributed by atoms with Gasteiger partial charge in [-0.2, -0.15) is 0 Å². The summed E-state index contributed by atoms with van der Waals surface area (Å²) >= 11 is 0. The Morgan fingerprint density at radius 1 is 1.12 bits per heavy atom. The van der Waals surface area contributed by atoms with Crippen molar-refractivity contribution in [2.45, 2.75) is 102 Å². The average molecular weight is 507 g/mol. The fraction of sp³-hybridized carbons (Fsp3) is 0.846. The largest absolute Gasteiger partial charge is 0.469 e. The number of fused-ring (bicyclic) bond motifs is 1. The van der Waals surface area contributed by atoms with Gasteiger partial charge in [0.25, 0.3) is 0 Å². The normalized spacial score (nSPS) is 47.3. The molecule has 0 N–H and O–H groups in total. The molecule has 1 heterocycles. The predicted octanol–water partition coefficient (Wildman–Crippen LogP) is 5.06. The molecule has 1 aliphatic heterocycles. The number of rotatable bonds is 5. The monoisotopic (exact) mass is 506 g/mol. The Kier molecular flexibility index (Phi) is 5.14. The predicted molar refractivity (Wildman–Crippen MR) is 134 cm³/mol. The smallest absolute Gasteiger partial charge is 0.312 e. The van der Waals surface area contributed by atoms with Crippen molar-refractivity contribution in [1.29, 1.82) is 0 Å². The molecule has 0 amide bonds. The molecule has 5 aliphatic rings. The van der Waals surface area contributed by atoms with Crippen LogP contribution in [0.4, 0.5) is 0 Å². The molecular formula is C26H42O6Si2. The molecule has 8 atom stereocenters. The molecule has 4 aliphatic carbocycles. The first-order chi connectivity index (χ1) is 15.5. The minimum atomic E-state index is -1.86. The van der Waals surface area contributed by atoms with E-state index in [9.17, 15) is 9.59 Å². The second-order valence-corrected chi connectivity index (χ2v) is 22.9. The average Bonchev–Trinajstić information content (AvgIpc) is 3.07. The summed E-state index contributed by atoms with van der Waals surface area (Å²) in [6.45, 7) is 19.8. The van der Waals surface area contributed by atoms with Crippen LogP contribution in [-0.2, 0) is 27.9 Å². The van der Waals surface area contributed by atoms with E-state index in [-0.39, 0.29) is 40.9 Å². The van der Waals surface area contributed by atoms with Crippen LogP contribution in [0.25, 0.3) is 0 Å². The van der Waals surface area contributed by atoms with Gasteiger partial charge >= 0.3 is 11.9 Å². The highest BCUT2D eigenvalue weighted by Gasteiger charge is 2.84. The molecule has 0 aromatic carbocycles. The standard InChI is InChI=1S/C26H42O6Si2/c1-16-12-24-15-25(16,32-34(7,8)9)11-10-18(24)26-14-17(31-33(4,5)6)13-23(2,22(28)30-26)20(26)19(24)21(27)29-3/h17-20H,1,10-15H2,2-9H3/t17-,18+,19+,20+,23?,24-,25-,26+/m0/s1. The van der Waals surface area contributed by atoms with Gasteiger partial charge in [0.05, 0.1) is 24.0 Å². The van der Waals surface area contributed by atoms with Crippen LogP contribution in [0.2, 0.25) is 39.3 Å². The molecule has 1 saturated heterocycles. The minimum absolute atomic E-state index is 0.0256. The van der Waals surface area contributed by atoms with E-state index in [0.717, 1.165) is 31.3 Å². The van der Waals surface area contributed by atoms with Gasteiger partial charge < -0.3 is 18.3 Å². The quantitative estimate of drug-likeness (QED) is 0.295. The fourth-order valence-electron chi connectivity index (χ4n) is 9.16. The van der Waals surface area contributed by atoms with Crippen molar-refractivity contribution in [1.82, 2.24) is 0 Å². The molecule has 4 bridgehead atoms. The van der Waals surface area contributed by atoms with Gasteiger partial charge in [-0.15, -0.1) is 0 Å². The highest BCUT2D eigenvalue weighted by Crippen LogP contribution is 2.79. The first kappa shape index (κ1) is 24.7. The molecule has 8 heteroatoms. The van der Waals surface area contributed by atoms with Crippen molar-refractivity contribution in [3.05, 3.63) is 12.2 Å². The van der Waals surface area contributed by atoms with Crippen LogP contribution in [0, 0.1) is 28.6 Å². The number of methoxy groups -OCH3 is 1. The zero-order valence-corrected chi connectivity index (χ0v) is 24.2. The summed E-state index contributed by atoms with van der Waals surface area (Å²) in [4.78, 5) is 27.1. The first-order valence-corrected chi connectivity index (χ1v) is 19.7. The topological polar surface area (TPSA) is 71.1 Å². The van der Waals surface area contributed by atoms with E-state index in [0.29, 0.717) is 12.8 Å². The van der Waals surface area contributed by atoms with Gasteiger partial charge in [0.15, 0.2) is 16.6 Å². The Morgan fingerprint density at radius 3 is 2.38 bits per heavy atom. The van der Waals surface area contributed by atoms with E-state index >= 15 is 0 Å². The number of carbonyl (C=O) groups excluding carboxylic acids is 2. The van der Waals surface area contributed by atoms with Gasteiger partial charge in [0, 0.05) is 24.4 Å². The number of hydrogen-bond acceptors (Lipinski definition) is 6. The summed E-state index contributed by atoms with van der Waals surface area (Å²) in [5.74, 6) is -0.860. The fourth-order valence-corrected chi connectivity index (χ4v) is 11.8.